The molecular weight excluding hydrogens is 366 g/mol. The molecule has 2 aromatic heterocycles. The SMILES string of the molecule is Clc1cnc(N2C3CC2CN(Cc2ccc(Br)cn2)C3)nc1. The summed E-state index contributed by atoms with van der Waals surface area (Å²) in [5.41, 5.74) is 1.11. The third-order valence-corrected chi connectivity index (χ3v) is 4.94. The van der Waals surface area contributed by atoms with Gasteiger partial charge in [-0.2, -0.15) is 0 Å². The Morgan fingerprint density at radius 3 is 2.45 bits per heavy atom. The van der Waals surface area contributed by atoms with Gasteiger partial charge < -0.3 is 4.90 Å². The maximum atomic E-state index is 5.86. The summed E-state index contributed by atoms with van der Waals surface area (Å²) in [6, 6.07) is 5.11. The predicted octanol–water partition coefficient (Wildman–Crippen LogP) is 2.75. The van der Waals surface area contributed by atoms with Crippen molar-refractivity contribution in [2.75, 3.05) is 18.0 Å². The zero-order valence-electron chi connectivity index (χ0n) is 11.9. The highest BCUT2D eigenvalue weighted by Crippen LogP contribution is 2.35. The summed E-state index contributed by atoms with van der Waals surface area (Å²) < 4.78 is 1.02. The molecular formula is C15H15BrClN5. The molecule has 5 nitrogen and oxygen atoms in total. The highest BCUT2D eigenvalue weighted by molar-refractivity contribution is 9.10. The summed E-state index contributed by atoms with van der Waals surface area (Å²) in [5, 5.41) is 0.581. The molecule has 0 N–H and O–H groups in total. The molecule has 22 heavy (non-hydrogen) atoms. The summed E-state index contributed by atoms with van der Waals surface area (Å²) in [6.45, 7) is 2.95. The van der Waals surface area contributed by atoms with E-state index in [4.69, 9.17) is 11.6 Å². The van der Waals surface area contributed by atoms with Gasteiger partial charge in [-0.3, -0.25) is 9.88 Å². The summed E-state index contributed by atoms with van der Waals surface area (Å²) >= 11 is 9.28. The van der Waals surface area contributed by atoms with Gasteiger partial charge in [0, 0.05) is 42.4 Å². The number of halogens is 2. The Morgan fingerprint density at radius 1 is 1.09 bits per heavy atom. The predicted molar refractivity (Wildman–Crippen MR) is 88.9 cm³/mol. The number of anilines is 1. The van der Waals surface area contributed by atoms with Crippen LogP contribution >= 0.6 is 27.5 Å². The fourth-order valence-corrected chi connectivity index (χ4v) is 3.65. The smallest absolute Gasteiger partial charge is 0.225 e. The van der Waals surface area contributed by atoms with Gasteiger partial charge in [-0.25, -0.2) is 9.97 Å². The molecule has 5 rings (SSSR count). The molecule has 3 fully saturated rings. The molecule has 0 saturated carbocycles. The topological polar surface area (TPSA) is 45.2 Å². The van der Waals surface area contributed by atoms with Gasteiger partial charge in [0.1, 0.15) is 0 Å². The fraction of sp³-hybridized carbons (Fsp3) is 0.400. The average molecular weight is 381 g/mol. The van der Waals surface area contributed by atoms with Crippen molar-refractivity contribution in [3.05, 3.63) is 45.9 Å². The van der Waals surface area contributed by atoms with Gasteiger partial charge in [-0.05, 0) is 34.5 Å². The van der Waals surface area contributed by atoms with Crippen LogP contribution in [-0.4, -0.2) is 45.0 Å². The van der Waals surface area contributed by atoms with Crippen LogP contribution in [0.5, 0.6) is 0 Å². The molecule has 2 unspecified atom stereocenters. The first-order chi connectivity index (χ1) is 10.7. The van der Waals surface area contributed by atoms with Crippen molar-refractivity contribution in [1.82, 2.24) is 19.9 Å². The number of hydrogen-bond donors (Lipinski definition) is 0. The number of pyridine rings is 1. The first-order valence-corrected chi connectivity index (χ1v) is 8.45. The van der Waals surface area contributed by atoms with Crippen molar-refractivity contribution in [3.8, 4) is 0 Å². The van der Waals surface area contributed by atoms with E-state index in [1.165, 1.54) is 6.42 Å². The number of aromatic nitrogens is 3. The van der Waals surface area contributed by atoms with Crippen LogP contribution < -0.4 is 4.90 Å². The molecule has 0 aliphatic carbocycles. The fourth-order valence-electron chi connectivity index (χ4n) is 3.32. The summed E-state index contributed by atoms with van der Waals surface area (Å²) in [4.78, 5) is 17.9. The van der Waals surface area contributed by atoms with E-state index in [1.54, 1.807) is 12.4 Å². The molecule has 3 saturated heterocycles. The van der Waals surface area contributed by atoms with Gasteiger partial charge >= 0.3 is 0 Å². The van der Waals surface area contributed by atoms with E-state index >= 15 is 0 Å². The lowest BCUT2D eigenvalue weighted by Crippen LogP contribution is -2.69. The number of fused-ring (bicyclic) bond motifs is 2. The van der Waals surface area contributed by atoms with E-state index in [9.17, 15) is 0 Å². The first-order valence-electron chi connectivity index (χ1n) is 7.28. The summed E-state index contributed by atoms with van der Waals surface area (Å²) in [6.07, 6.45) is 6.41. The highest BCUT2D eigenvalue weighted by atomic mass is 79.9. The standard InChI is InChI=1S/C15H15BrClN5/c16-10-1-2-12(18-4-10)7-21-8-13-3-14(9-21)22(13)15-19-5-11(17)6-20-15/h1-2,4-6,13-14H,3,7-9H2. The molecule has 0 radical (unpaired) electrons. The maximum Gasteiger partial charge on any atom is 0.225 e. The Bertz CT molecular complexity index is 651. The molecule has 2 bridgehead atoms. The van der Waals surface area contributed by atoms with Crippen molar-refractivity contribution >= 4 is 33.5 Å². The second-order valence-corrected chi connectivity index (χ2v) is 7.17. The van der Waals surface area contributed by atoms with E-state index in [0.717, 1.165) is 35.7 Å². The van der Waals surface area contributed by atoms with Crippen LogP contribution in [-0.2, 0) is 6.54 Å². The highest BCUT2D eigenvalue weighted by Gasteiger charge is 2.45. The van der Waals surface area contributed by atoms with Gasteiger partial charge in [0.15, 0.2) is 0 Å². The van der Waals surface area contributed by atoms with Crippen LogP contribution in [0.1, 0.15) is 12.1 Å². The zero-order valence-corrected chi connectivity index (χ0v) is 14.2. The number of hydrogen-bond acceptors (Lipinski definition) is 5. The Kier molecular flexibility index (Phi) is 3.76. The monoisotopic (exact) mass is 379 g/mol. The molecule has 7 heteroatoms. The Labute approximate surface area is 142 Å². The van der Waals surface area contributed by atoms with Gasteiger partial charge in [-0.1, -0.05) is 11.6 Å². The minimum Gasteiger partial charge on any atom is -0.332 e. The number of piperazine rings is 1. The molecule has 2 aromatic rings. The largest absolute Gasteiger partial charge is 0.332 e. The van der Waals surface area contributed by atoms with Gasteiger partial charge in [0.05, 0.1) is 23.1 Å². The second kappa shape index (κ2) is 5.76. The molecule has 114 valence electrons. The van der Waals surface area contributed by atoms with E-state index in [1.807, 2.05) is 12.3 Å². The molecule has 0 amide bonds. The van der Waals surface area contributed by atoms with Gasteiger partial charge in [0.25, 0.3) is 0 Å². The molecule has 0 spiro atoms. The van der Waals surface area contributed by atoms with Crippen molar-refractivity contribution < 1.29 is 0 Å². The van der Waals surface area contributed by atoms with Crippen LogP contribution in [0.15, 0.2) is 35.2 Å². The van der Waals surface area contributed by atoms with Crippen LogP contribution in [0.4, 0.5) is 5.95 Å². The normalized spacial score (nSPS) is 24.2. The first kappa shape index (κ1) is 14.4. The van der Waals surface area contributed by atoms with E-state index in [0.29, 0.717) is 17.1 Å². The summed E-state index contributed by atoms with van der Waals surface area (Å²) in [7, 11) is 0. The Morgan fingerprint density at radius 2 is 1.82 bits per heavy atom. The third kappa shape index (κ3) is 2.71. The Hall–Kier alpha value is -1.24. The van der Waals surface area contributed by atoms with Crippen LogP contribution in [0, 0.1) is 0 Å². The lowest BCUT2D eigenvalue weighted by molar-refractivity contribution is 0.105. The maximum absolute atomic E-state index is 5.86. The lowest BCUT2D eigenvalue weighted by Gasteiger charge is -2.56. The van der Waals surface area contributed by atoms with E-state index in [-0.39, 0.29) is 0 Å². The minimum absolute atomic E-state index is 0.496. The zero-order chi connectivity index (χ0) is 15.1. The molecule has 5 heterocycles. The number of nitrogens with zero attached hydrogens (tertiary/aromatic N) is 5. The number of rotatable bonds is 3. The molecule has 2 atom stereocenters. The van der Waals surface area contributed by atoms with Gasteiger partial charge in [0.2, 0.25) is 5.95 Å². The quantitative estimate of drug-likeness (QED) is 0.819. The van der Waals surface area contributed by atoms with Crippen LogP contribution in [0.2, 0.25) is 5.02 Å². The van der Waals surface area contributed by atoms with Gasteiger partial charge in [-0.15, -0.1) is 0 Å². The molecule has 3 aliphatic heterocycles. The summed E-state index contributed by atoms with van der Waals surface area (Å²) in [5.74, 6) is 0.798. The second-order valence-electron chi connectivity index (χ2n) is 5.81. The third-order valence-electron chi connectivity index (χ3n) is 4.28. The van der Waals surface area contributed by atoms with Crippen LogP contribution in [0.25, 0.3) is 0 Å². The van der Waals surface area contributed by atoms with Crippen molar-refractivity contribution in [2.45, 2.75) is 25.0 Å². The average Bonchev–Trinajstić information content (AvgIpc) is 2.52. The van der Waals surface area contributed by atoms with Crippen molar-refractivity contribution in [1.29, 1.82) is 0 Å². The number of piperidine rings is 1. The van der Waals surface area contributed by atoms with E-state index < -0.39 is 0 Å². The van der Waals surface area contributed by atoms with Crippen molar-refractivity contribution in [2.24, 2.45) is 0 Å². The lowest BCUT2D eigenvalue weighted by atomic mass is 9.88. The minimum atomic E-state index is 0.496. The molecule has 0 aromatic carbocycles. The molecule has 3 aliphatic rings. The van der Waals surface area contributed by atoms with E-state index in [2.05, 4.69) is 46.7 Å². The van der Waals surface area contributed by atoms with Crippen molar-refractivity contribution in [3.63, 3.8) is 0 Å². The Balaban J connectivity index is 1.41. The van der Waals surface area contributed by atoms with Crippen LogP contribution in [0.3, 0.4) is 0 Å².